The fraction of sp³-hybridized carbons (Fsp3) is 0.265. The molecule has 0 saturated carbocycles. The third-order valence-corrected chi connectivity index (χ3v) is 17.2. The summed E-state index contributed by atoms with van der Waals surface area (Å²) in [5, 5.41) is 4.52. The van der Waals surface area contributed by atoms with E-state index < -0.39 is 7.26 Å². The monoisotopic (exact) mass is 1040 g/mol. The van der Waals surface area contributed by atoms with Gasteiger partial charge in [0.05, 0.1) is 7.26 Å². The first-order chi connectivity index (χ1) is 33.2. The van der Waals surface area contributed by atoms with Crippen LogP contribution in [0.5, 0.6) is 0 Å². The van der Waals surface area contributed by atoms with Crippen LogP contribution in [0, 0.1) is 18.7 Å². The maximum atomic E-state index is 7.02. The molecule has 0 aliphatic heterocycles. The van der Waals surface area contributed by atoms with Gasteiger partial charge in [0.1, 0.15) is 10.6 Å². The van der Waals surface area contributed by atoms with E-state index in [2.05, 4.69) is 223 Å². The van der Waals surface area contributed by atoms with Crippen LogP contribution in [-0.2, 0) is 0 Å². The smallest absolute Gasteiger partial charge is 0.246 e. The summed E-state index contributed by atoms with van der Waals surface area (Å²) in [4.78, 5) is 0. The molecule has 0 bridgehead atoms. The van der Waals surface area contributed by atoms with Crippen LogP contribution >= 0.6 is 7.26 Å². The molecule has 0 amide bonds. The molecule has 0 spiro atoms. The zero-order valence-electron chi connectivity index (χ0n) is 44.0. The molecule has 0 aromatic heterocycles. The molecule has 0 nitrogen and oxygen atoms in total. The van der Waals surface area contributed by atoms with Gasteiger partial charge in [0.25, 0.3) is 0 Å². The van der Waals surface area contributed by atoms with Crippen LogP contribution < -0.4 is 15.9 Å². The Kier molecular flexibility index (Phi) is 20.9. The first-order valence-corrected chi connectivity index (χ1v) is 27.0. The molecule has 0 heterocycles. The maximum Gasteiger partial charge on any atom is 2.00 e. The van der Waals surface area contributed by atoms with Crippen LogP contribution in [0.25, 0.3) is 27.6 Å². The summed E-state index contributed by atoms with van der Waals surface area (Å²) in [5.41, 5.74) is 15.0. The van der Waals surface area contributed by atoms with Crippen molar-refractivity contribution in [2.45, 2.75) is 119 Å². The van der Waals surface area contributed by atoms with Crippen molar-refractivity contribution in [3.63, 3.8) is 0 Å². The third kappa shape index (κ3) is 13.2. The predicted molar refractivity (Wildman–Crippen MR) is 311 cm³/mol. The molecule has 8 aromatic carbocycles. The van der Waals surface area contributed by atoms with Crippen LogP contribution in [0.15, 0.2) is 194 Å². The van der Waals surface area contributed by atoms with E-state index in [0.29, 0.717) is 35.5 Å². The molecule has 0 unspecified atom stereocenters. The van der Waals surface area contributed by atoms with Gasteiger partial charge in [0.15, 0.2) is 0 Å². The Balaban J connectivity index is 0.000000235. The summed E-state index contributed by atoms with van der Waals surface area (Å²) in [6, 6.07) is 75.8. The van der Waals surface area contributed by atoms with Gasteiger partial charge in [-0.2, -0.15) is 18.2 Å². The summed E-state index contributed by atoms with van der Waals surface area (Å²) in [6.07, 6.45) is 0. The van der Waals surface area contributed by atoms with Gasteiger partial charge in [-0.05, 0) is 76.2 Å². The van der Waals surface area contributed by atoms with Gasteiger partial charge in [0, 0.05) is 0 Å². The summed E-state index contributed by atoms with van der Waals surface area (Å²) in [6.45, 7) is 34.9. The van der Waals surface area contributed by atoms with Gasteiger partial charge in [-0.25, -0.2) is 6.58 Å². The van der Waals surface area contributed by atoms with Crippen molar-refractivity contribution >= 4 is 52.4 Å². The number of benzene rings is 8. The predicted octanol–water partition coefficient (Wildman–Crippen LogP) is 18.1. The second-order valence-corrected chi connectivity index (χ2v) is 23.4. The molecule has 0 aliphatic carbocycles. The molecular weight excluding hydrogens is 966 g/mol. The second kappa shape index (κ2) is 26.3. The van der Waals surface area contributed by atoms with Crippen molar-refractivity contribution < 1.29 is 0 Å². The van der Waals surface area contributed by atoms with Crippen molar-refractivity contribution in [3.8, 4) is 22.3 Å². The molecule has 8 aromatic rings. The molecule has 70 heavy (non-hydrogen) atoms. The Morgan fingerprint density at radius 2 is 0.714 bits per heavy atom. The molecule has 0 atom stereocenters. The van der Waals surface area contributed by atoms with Gasteiger partial charge >= 0.3 is 23.9 Å². The maximum absolute atomic E-state index is 7.02. The fourth-order valence-corrected chi connectivity index (χ4v) is 13.2. The standard InChI is InChI=1S/C36H49.C26H20P.C6H6.Sn/c1-21(2)29-17-31(23(5)6)35(32(18-29)24(7)8)27-14-13-15-28(16-27)36-33(25(9)10)19-30(22(3)4)20-34(36)26(11)12;1-22(23-14-6-2-7-15-23)27(24-16-8-3-9-17-24,25-18-10-4-11-19-25)26-20-12-5-13-21-26;1-2-4-6-5-3-1;/h13-15,17-26H,1-12H3;1-20H;1-6H;/q2*-1;;+2. The minimum Gasteiger partial charge on any atom is -0.246 e. The first kappa shape index (κ1) is 55.7. The normalized spacial score (nSPS) is 11.3. The van der Waals surface area contributed by atoms with Crippen LogP contribution in [0.4, 0.5) is 0 Å². The summed E-state index contributed by atoms with van der Waals surface area (Å²) in [5.74, 6) is 2.86. The van der Waals surface area contributed by atoms with Gasteiger partial charge in [-0.3, -0.25) is 0 Å². The van der Waals surface area contributed by atoms with E-state index in [1.54, 1.807) is 0 Å². The number of rotatable bonds is 13. The average molecular weight is 1040 g/mol. The number of hydrogen-bond acceptors (Lipinski definition) is 0. The van der Waals surface area contributed by atoms with Crippen LogP contribution in [0.2, 0.25) is 0 Å². The number of hydrogen-bond donors (Lipinski definition) is 0. The van der Waals surface area contributed by atoms with E-state index in [1.165, 1.54) is 66.2 Å². The summed E-state index contributed by atoms with van der Waals surface area (Å²) >= 11 is 0. The van der Waals surface area contributed by atoms with Crippen molar-refractivity contribution in [2.24, 2.45) is 0 Å². The molecule has 0 saturated heterocycles. The average Bonchev–Trinajstić information content (AvgIpc) is 3.37. The van der Waals surface area contributed by atoms with E-state index in [9.17, 15) is 0 Å². The largest absolute Gasteiger partial charge is 2.00 e. The Bertz CT molecular complexity index is 2550. The van der Waals surface area contributed by atoms with Gasteiger partial charge in [-0.15, -0.1) is 65.2 Å². The van der Waals surface area contributed by atoms with Crippen LogP contribution in [0.1, 0.15) is 158 Å². The van der Waals surface area contributed by atoms with Crippen molar-refractivity contribution in [1.82, 2.24) is 0 Å². The van der Waals surface area contributed by atoms with E-state index in [4.69, 9.17) is 6.58 Å². The molecule has 2 heteroatoms. The summed E-state index contributed by atoms with van der Waals surface area (Å²) < 4.78 is 0. The molecular formula is C68H75PSn. The van der Waals surface area contributed by atoms with E-state index in [0.717, 1.165) is 16.2 Å². The first-order valence-electron chi connectivity index (χ1n) is 25.2. The minimum atomic E-state index is -2.23. The molecule has 8 rings (SSSR count). The third-order valence-electron chi connectivity index (χ3n) is 13.0. The van der Waals surface area contributed by atoms with Crippen molar-refractivity contribution in [1.29, 1.82) is 0 Å². The van der Waals surface area contributed by atoms with E-state index >= 15 is 0 Å². The molecule has 2 radical (unpaired) electrons. The van der Waals surface area contributed by atoms with E-state index in [1.807, 2.05) is 66.7 Å². The second-order valence-electron chi connectivity index (χ2n) is 20.1. The van der Waals surface area contributed by atoms with Gasteiger partial charge in [0.2, 0.25) is 0 Å². The SMILES string of the molecule is CC(C)c1cc(C(C)C)c(-c2[c-]c(-c3c(C(C)C)cc(C(C)C)cc3C(C)C)ccc2)c(C(C)C)c1.[CH-]=C(c1ccccc1)[P+](c1[c-]cccc1)(c1ccccc1)c1ccccc1.[Sn+2].c1ccccc1. The quantitative estimate of drug-likeness (QED) is 0.0613. The van der Waals surface area contributed by atoms with Gasteiger partial charge in [-0.1, -0.05) is 237 Å². The molecule has 0 fully saturated rings. The topological polar surface area (TPSA) is 0 Å². The molecule has 0 N–H and O–H groups in total. The Morgan fingerprint density at radius 3 is 1.03 bits per heavy atom. The Morgan fingerprint density at radius 1 is 0.386 bits per heavy atom. The van der Waals surface area contributed by atoms with Crippen molar-refractivity contribution in [2.75, 3.05) is 0 Å². The zero-order valence-corrected chi connectivity index (χ0v) is 47.7. The fourth-order valence-electron chi connectivity index (χ4n) is 9.21. The Hall–Kier alpha value is -5.27. The van der Waals surface area contributed by atoms with Gasteiger partial charge < -0.3 is 0 Å². The zero-order chi connectivity index (χ0) is 49.7. The van der Waals surface area contributed by atoms with Crippen LogP contribution in [-0.4, -0.2) is 23.9 Å². The molecule has 356 valence electrons. The van der Waals surface area contributed by atoms with E-state index in [-0.39, 0.29) is 23.9 Å². The van der Waals surface area contributed by atoms with Crippen molar-refractivity contribution in [3.05, 3.63) is 252 Å². The van der Waals surface area contributed by atoms with Crippen LogP contribution in [0.3, 0.4) is 0 Å². The Labute approximate surface area is 442 Å². The molecule has 0 aliphatic rings. The summed E-state index contributed by atoms with van der Waals surface area (Å²) in [7, 11) is -2.23. The minimum absolute atomic E-state index is 0.